The number of carbonyl (C=O) groups excluding carboxylic acids is 1. The van der Waals surface area contributed by atoms with Crippen molar-refractivity contribution in [3.05, 3.63) is 23.8 Å². The van der Waals surface area contributed by atoms with Crippen molar-refractivity contribution in [1.29, 1.82) is 0 Å². The maximum Gasteiger partial charge on any atom is 0.309 e. The van der Waals surface area contributed by atoms with Crippen LogP contribution in [0.5, 0.6) is 0 Å². The molecule has 182 valence electrons. The van der Waals surface area contributed by atoms with E-state index in [4.69, 9.17) is 0 Å². The molecule has 0 aromatic rings. The maximum atomic E-state index is 14.2. The molecule has 0 bridgehead atoms. The van der Waals surface area contributed by atoms with Crippen molar-refractivity contribution in [1.82, 2.24) is 0 Å². The first-order valence-corrected chi connectivity index (χ1v) is 13.3. The number of fused-ring (bicyclic) bond motifs is 7. The summed E-state index contributed by atoms with van der Waals surface area (Å²) in [5.41, 5.74) is 0.727. The van der Waals surface area contributed by atoms with Crippen LogP contribution in [0.4, 0.5) is 0 Å². The fourth-order valence-electron chi connectivity index (χ4n) is 9.99. The molecular formula is C30H44O3. The second-order valence-corrected chi connectivity index (χ2v) is 14.5. The van der Waals surface area contributed by atoms with Gasteiger partial charge >= 0.3 is 5.97 Å². The Morgan fingerprint density at radius 3 is 2.30 bits per heavy atom. The minimum Gasteiger partial charge on any atom is -0.481 e. The molecule has 3 heteroatoms. The lowest BCUT2D eigenvalue weighted by Crippen LogP contribution is -2.65. The number of allylic oxidation sites excluding steroid dienone is 4. The third-order valence-corrected chi connectivity index (χ3v) is 12.4. The van der Waals surface area contributed by atoms with Crippen LogP contribution in [0, 0.1) is 50.2 Å². The van der Waals surface area contributed by atoms with Crippen LogP contribution in [-0.4, -0.2) is 16.9 Å². The largest absolute Gasteiger partial charge is 0.481 e. The van der Waals surface area contributed by atoms with Gasteiger partial charge in [0.05, 0.1) is 5.41 Å². The van der Waals surface area contributed by atoms with Crippen LogP contribution in [0.3, 0.4) is 0 Å². The van der Waals surface area contributed by atoms with Gasteiger partial charge in [-0.05, 0) is 103 Å². The van der Waals surface area contributed by atoms with Crippen LogP contribution in [0.25, 0.3) is 0 Å². The Balaban J connectivity index is 1.64. The average Bonchev–Trinajstić information content (AvgIpc) is 2.70. The molecule has 0 aliphatic heterocycles. The third-order valence-electron chi connectivity index (χ3n) is 12.4. The van der Waals surface area contributed by atoms with Gasteiger partial charge in [-0.1, -0.05) is 59.3 Å². The number of rotatable bonds is 1. The third kappa shape index (κ3) is 2.80. The van der Waals surface area contributed by atoms with E-state index < -0.39 is 11.4 Å². The molecule has 0 spiro atoms. The van der Waals surface area contributed by atoms with Crippen LogP contribution in [0.2, 0.25) is 0 Å². The van der Waals surface area contributed by atoms with Crippen molar-refractivity contribution in [2.45, 2.75) is 99.8 Å². The van der Waals surface area contributed by atoms with Gasteiger partial charge < -0.3 is 5.11 Å². The van der Waals surface area contributed by atoms with Crippen molar-refractivity contribution in [3.8, 4) is 0 Å². The topological polar surface area (TPSA) is 54.4 Å². The first-order valence-electron chi connectivity index (χ1n) is 13.3. The van der Waals surface area contributed by atoms with E-state index >= 15 is 0 Å². The standard InChI is InChI=1S/C30H44O3/c1-25(2)10-8-11-28(5)22(25)9-12-30(7)23(28)21(31)17-19-20-18-27(4,24(32)33)14-13-26(20,3)15-16-29(19,30)6/h8,10,17,20,22-23H,9,11-16,18H2,1-7H3,(H,32,33)/t20-,22+,23-,26-,27+,28+,29-,30-/m1/s1. The van der Waals surface area contributed by atoms with Crippen LogP contribution < -0.4 is 0 Å². The lowest BCUT2D eigenvalue weighted by molar-refractivity contribution is -0.174. The van der Waals surface area contributed by atoms with Crippen LogP contribution in [-0.2, 0) is 9.59 Å². The molecule has 3 nitrogen and oxygen atoms in total. The Bertz CT molecular complexity index is 973. The summed E-state index contributed by atoms with van der Waals surface area (Å²) in [5.74, 6) is 0.416. The number of carboxylic acids is 1. The number of hydrogen-bond donors (Lipinski definition) is 1. The molecule has 5 aliphatic rings. The molecule has 5 aliphatic carbocycles. The Kier molecular flexibility index (Phi) is 4.70. The summed E-state index contributed by atoms with van der Waals surface area (Å²) in [6.45, 7) is 16.3. The van der Waals surface area contributed by atoms with Crippen molar-refractivity contribution < 1.29 is 14.7 Å². The SMILES string of the molecule is CC1(C)C=CC[C@]2(C)[C@H]3C(=O)C=C4[C@H]5C[C@@](C)(C(=O)O)CC[C@]5(C)CC[C@@]4(C)[C@]3(C)CC[C@@H]12. The normalized spacial score (nSPS) is 52.6. The lowest BCUT2D eigenvalue weighted by Gasteiger charge is -2.69. The maximum absolute atomic E-state index is 14.2. The molecule has 0 saturated heterocycles. The van der Waals surface area contributed by atoms with Gasteiger partial charge in [-0.2, -0.15) is 0 Å². The molecule has 0 radical (unpaired) electrons. The first kappa shape index (κ1) is 23.4. The quantitative estimate of drug-likeness (QED) is 0.427. The fraction of sp³-hybridized carbons (Fsp3) is 0.800. The summed E-state index contributed by atoms with van der Waals surface area (Å²) in [7, 11) is 0. The van der Waals surface area contributed by atoms with E-state index in [0.717, 1.165) is 38.5 Å². The fourth-order valence-corrected chi connectivity index (χ4v) is 9.99. The Hall–Kier alpha value is -1.38. The molecule has 0 aromatic heterocycles. The molecule has 5 rings (SSSR count). The molecule has 0 heterocycles. The van der Waals surface area contributed by atoms with Gasteiger partial charge in [0.2, 0.25) is 0 Å². The minimum atomic E-state index is -0.689. The second-order valence-electron chi connectivity index (χ2n) is 14.5. The zero-order valence-electron chi connectivity index (χ0n) is 21.9. The number of hydrogen-bond acceptors (Lipinski definition) is 2. The summed E-state index contributed by atoms with van der Waals surface area (Å²) in [5, 5.41) is 10.0. The molecule has 33 heavy (non-hydrogen) atoms. The molecule has 3 saturated carbocycles. The van der Waals surface area contributed by atoms with E-state index in [-0.39, 0.29) is 38.9 Å². The highest BCUT2D eigenvalue weighted by Crippen LogP contribution is 2.74. The molecule has 8 atom stereocenters. The Morgan fingerprint density at radius 1 is 0.970 bits per heavy atom. The van der Waals surface area contributed by atoms with E-state index in [1.165, 1.54) is 12.0 Å². The highest BCUT2D eigenvalue weighted by Gasteiger charge is 2.69. The highest BCUT2D eigenvalue weighted by molar-refractivity contribution is 5.95. The van der Waals surface area contributed by atoms with Crippen molar-refractivity contribution >= 4 is 11.8 Å². The molecule has 1 N–H and O–H groups in total. The van der Waals surface area contributed by atoms with Gasteiger partial charge in [0.15, 0.2) is 5.78 Å². The van der Waals surface area contributed by atoms with Crippen molar-refractivity contribution in [2.24, 2.45) is 50.2 Å². The van der Waals surface area contributed by atoms with Crippen LogP contribution >= 0.6 is 0 Å². The highest BCUT2D eigenvalue weighted by atomic mass is 16.4. The molecular weight excluding hydrogens is 408 g/mol. The van der Waals surface area contributed by atoms with Crippen LogP contribution in [0.15, 0.2) is 23.8 Å². The number of carbonyl (C=O) groups is 2. The predicted octanol–water partition coefficient (Wildman–Crippen LogP) is 7.22. The predicted molar refractivity (Wildman–Crippen MR) is 132 cm³/mol. The van der Waals surface area contributed by atoms with Gasteiger partial charge in [-0.3, -0.25) is 9.59 Å². The summed E-state index contributed by atoms with van der Waals surface area (Å²) >= 11 is 0. The van der Waals surface area contributed by atoms with Gasteiger partial charge in [0, 0.05) is 5.92 Å². The molecule has 3 fully saturated rings. The summed E-state index contributed by atoms with van der Waals surface area (Å²) in [6.07, 6.45) is 14.7. The number of ketones is 1. The Labute approximate surface area is 200 Å². The van der Waals surface area contributed by atoms with E-state index in [1.807, 2.05) is 6.92 Å². The summed E-state index contributed by atoms with van der Waals surface area (Å²) < 4.78 is 0. The summed E-state index contributed by atoms with van der Waals surface area (Å²) in [6, 6.07) is 0. The minimum absolute atomic E-state index is 0.0176. The first-order chi connectivity index (χ1) is 15.1. The van der Waals surface area contributed by atoms with Crippen LogP contribution in [0.1, 0.15) is 99.8 Å². The zero-order chi connectivity index (χ0) is 24.2. The average molecular weight is 453 g/mol. The monoisotopic (exact) mass is 452 g/mol. The second kappa shape index (κ2) is 6.64. The smallest absolute Gasteiger partial charge is 0.309 e. The molecule has 0 amide bonds. The van der Waals surface area contributed by atoms with Gasteiger partial charge in [0.1, 0.15) is 0 Å². The van der Waals surface area contributed by atoms with E-state index in [2.05, 4.69) is 59.8 Å². The lowest BCUT2D eigenvalue weighted by atomic mass is 9.34. The van der Waals surface area contributed by atoms with Gasteiger partial charge in [-0.15, -0.1) is 0 Å². The summed E-state index contributed by atoms with van der Waals surface area (Å²) in [4.78, 5) is 26.4. The zero-order valence-corrected chi connectivity index (χ0v) is 21.9. The number of aliphatic carboxylic acids is 1. The van der Waals surface area contributed by atoms with Gasteiger partial charge in [-0.25, -0.2) is 0 Å². The van der Waals surface area contributed by atoms with E-state index in [0.29, 0.717) is 18.1 Å². The van der Waals surface area contributed by atoms with E-state index in [9.17, 15) is 14.7 Å². The van der Waals surface area contributed by atoms with E-state index in [1.54, 1.807) is 0 Å². The Morgan fingerprint density at radius 2 is 1.64 bits per heavy atom. The van der Waals surface area contributed by atoms with Crippen molar-refractivity contribution in [3.63, 3.8) is 0 Å². The van der Waals surface area contributed by atoms with Crippen molar-refractivity contribution in [2.75, 3.05) is 0 Å². The molecule has 0 unspecified atom stereocenters. The van der Waals surface area contributed by atoms with Gasteiger partial charge in [0.25, 0.3) is 0 Å². The molecule has 0 aromatic carbocycles. The number of carboxylic acid groups (broad SMARTS) is 1.